The molecule has 182 valence electrons. The number of hydrogen-bond acceptors (Lipinski definition) is 5. The maximum Gasteiger partial charge on any atom is 0.243 e. The molecular formula is C24H36N4O4S. The molecule has 33 heavy (non-hydrogen) atoms. The number of likely N-dealkylation sites (tertiary alicyclic amines) is 2. The molecule has 0 unspecified atom stereocenters. The second-order valence-corrected chi connectivity index (χ2v) is 11.4. The van der Waals surface area contributed by atoms with E-state index in [1.807, 2.05) is 4.90 Å². The zero-order valence-electron chi connectivity index (χ0n) is 19.4. The zero-order chi connectivity index (χ0) is 23.3. The number of amides is 2. The average Bonchev–Trinajstić information content (AvgIpc) is 3.23. The van der Waals surface area contributed by atoms with Gasteiger partial charge < -0.3 is 10.2 Å². The summed E-state index contributed by atoms with van der Waals surface area (Å²) in [6.07, 6.45) is 7.97. The highest BCUT2D eigenvalue weighted by Crippen LogP contribution is 2.24. The van der Waals surface area contributed by atoms with Crippen LogP contribution >= 0.6 is 0 Å². The predicted octanol–water partition coefficient (Wildman–Crippen LogP) is 2.52. The van der Waals surface area contributed by atoms with E-state index in [0.717, 1.165) is 64.7 Å². The number of anilines is 1. The first-order valence-electron chi connectivity index (χ1n) is 12.3. The first-order valence-corrected chi connectivity index (χ1v) is 13.8. The van der Waals surface area contributed by atoms with Gasteiger partial charge >= 0.3 is 0 Å². The van der Waals surface area contributed by atoms with Gasteiger partial charge in [0.2, 0.25) is 21.8 Å². The molecule has 9 heteroatoms. The number of nitrogens with one attached hydrogen (secondary N) is 1. The SMILES string of the molecule is O=C(CN1CCC(C(=O)N2CCCCCC2)CC1)Nc1cccc(S(=O)(=O)N2CCCC2)c1. The van der Waals surface area contributed by atoms with Gasteiger partial charge in [-0.05, 0) is 69.8 Å². The Hall–Kier alpha value is -1.97. The van der Waals surface area contributed by atoms with Crippen molar-refractivity contribution in [3.8, 4) is 0 Å². The average molecular weight is 477 g/mol. The van der Waals surface area contributed by atoms with Crippen molar-refractivity contribution in [2.45, 2.75) is 56.3 Å². The Morgan fingerprint density at radius 1 is 0.879 bits per heavy atom. The lowest BCUT2D eigenvalue weighted by atomic mass is 9.95. The lowest BCUT2D eigenvalue weighted by Crippen LogP contribution is -2.44. The van der Waals surface area contributed by atoms with E-state index in [2.05, 4.69) is 10.2 Å². The Labute approximate surface area is 197 Å². The summed E-state index contributed by atoms with van der Waals surface area (Å²) in [6.45, 7) is 4.56. The van der Waals surface area contributed by atoms with Gasteiger partial charge in [0.05, 0.1) is 11.4 Å². The Balaban J connectivity index is 1.26. The highest BCUT2D eigenvalue weighted by Gasteiger charge is 2.30. The Kier molecular flexibility index (Phi) is 8.03. The van der Waals surface area contributed by atoms with E-state index in [1.54, 1.807) is 18.2 Å². The summed E-state index contributed by atoms with van der Waals surface area (Å²) in [4.78, 5) is 29.8. The third-order valence-corrected chi connectivity index (χ3v) is 8.94. The maximum atomic E-state index is 12.9. The number of benzene rings is 1. The predicted molar refractivity (Wildman–Crippen MR) is 127 cm³/mol. The molecular weight excluding hydrogens is 440 g/mol. The fourth-order valence-electron chi connectivity index (χ4n) is 5.10. The summed E-state index contributed by atoms with van der Waals surface area (Å²) < 4.78 is 27.1. The molecule has 0 radical (unpaired) electrons. The second kappa shape index (κ2) is 11.0. The Morgan fingerprint density at radius 2 is 1.52 bits per heavy atom. The summed E-state index contributed by atoms with van der Waals surface area (Å²) in [7, 11) is -3.51. The number of carbonyl (C=O) groups excluding carboxylic acids is 2. The molecule has 0 bridgehead atoms. The molecule has 3 saturated heterocycles. The van der Waals surface area contributed by atoms with Gasteiger partial charge in [0.25, 0.3) is 0 Å². The molecule has 3 fully saturated rings. The van der Waals surface area contributed by atoms with Crippen molar-refractivity contribution in [3.05, 3.63) is 24.3 Å². The number of piperidine rings is 1. The fraction of sp³-hybridized carbons (Fsp3) is 0.667. The zero-order valence-corrected chi connectivity index (χ0v) is 20.2. The van der Waals surface area contributed by atoms with Gasteiger partial charge in [-0.25, -0.2) is 8.42 Å². The fourth-order valence-corrected chi connectivity index (χ4v) is 6.67. The quantitative estimate of drug-likeness (QED) is 0.681. The van der Waals surface area contributed by atoms with Crippen molar-refractivity contribution in [1.29, 1.82) is 0 Å². The molecule has 0 aliphatic carbocycles. The van der Waals surface area contributed by atoms with Crippen LogP contribution < -0.4 is 5.32 Å². The third-order valence-electron chi connectivity index (χ3n) is 7.04. The highest BCUT2D eigenvalue weighted by molar-refractivity contribution is 7.89. The normalized spacial score (nSPS) is 21.6. The van der Waals surface area contributed by atoms with Crippen LogP contribution in [0.2, 0.25) is 0 Å². The van der Waals surface area contributed by atoms with Gasteiger partial charge in [-0.1, -0.05) is 18.9 Å². The lowest BCUT2D eigenvalue weighted by molar-refractivity contribution is -0.137. The van der Waals surface area contributed by atoms with Crippen LogP contribution in [0.1, 0.15) is 51.4 Å². The van der Waals surface area contributed by atoms with E-state index in [9.17, 15) is 18.0 Å². The minimum absolute atomic E-state index is 0.0647. The lowest BCUT2D eigenvalue weighted by Gasteiger charge is -2.33. The minimum Gasteiger partial charge on any atom is -0.342 e. The van der Waals surface area contributed by atoms with Gasteiger partial charge in [-0.15, -0.1) is 0 Å². The van der Waals surface area contributed by atoms with Crippen molar-refractivity contribution in [2.75, 3.05) is 51.1 Å². The summed E-state index contributed by atoms with van der Waals surface area (Å²) in [5, 5.41) is 2.85. The first kappa shape index (κ1) is 24.2. The molecule has 0 spiro atoms. The van der Waals surface area contributed by atoms with Crippen molar-refractivity contribution < 1.29 is 18.0 Å². The minimum atomic E-state index is -3.51. The van der Waals surface area contributed by atoms with Crippen LogP contribution in [0.15, 0.2) is 29.2 Å². The number of sulfonamides is 1. The van der Waals surface area contributed by atoms with E-state index in [-0.39, 0.29) is 29.2 Å². The van der Waals surface area contributed by atoms with Crippen LogP contribution in [0.5, 0.6) is 0 Å². The standard InChI is InChI=1S/C24H36N4O4S/c29-23(25-21-8-7-9-22(18-21)33(31,32)28-14-5-6-15-28)19-26-16-10-20(11-17-26)24(30)27-12-3-1-2-4-13-27/h7-9,18,20H,1-6,10-17,19H2,(H,25,29). The third kappa shape index (κ3) is 6.13. The Morgan fingerprint density at radius 3 is 2.18 bits per heavy atom. The van der Waals surface area contributed by atoms with E-state index >= 15 is 0 Å². The van der Waals surface area contributed by atoms with E-state index in [4.69, 9.17) is 0 Å². The molecule has 1 aromatic rings. The van der Waals surface area contributed by atoms with Gasteiger partial charge in [0, 0.05) is 37.8 Å². The van der Waals surface area contributed by atoms with Gasteiger partial charge in [-0.2, -0.15) is 4.31 Å². The molecule has 4 rings (SSSR count). The summed E-state index contributed by atoms with van der Waals surface area (Å²) in [6, 6.07) is 6.50. The smallest absolute Gasteiger partial charge is 0.243 e. The number of nitrogens with zero attached hydrogens (tertiary/aromatic N) is 3. The number of carbonyl (C=O) groups is 2. The second-order valence-electron chi connectivity index (χ2n) is 9.48. The van der Waals surface area contributed by atoms with Crippen LogP contribution in [-0.4, -0.2) is 80.2 Å². The van der Waals surface area contributed by atoms with Gasteiger partial charge in [-0.3, -0.25) is 14.5 Å². The van der Waals surface area contributed by atoms with Crippen molar-refractivity contribution in [3.63, 3.8) is 0 Å². The van der Waals surface area contributed by atoms with E-state index < -0.39 is 10.0 Å². The summed E-state index contributed by atoms with van der Waals surface area (Å²) in [5.41, 5.74) is 0.492. The number of hydrogen-bond donors (Lipinski definition) is 1. The molecule has 8 nitrogen and oxygen atoms in total. The monoisotopic (exact) mass is 476 g/mol. The molecule has 1 N–H and O–H groups in total. The summed E-state index contributed by atoms with van der Waals surface area (Å²) in [5.74, 6) is 0.190. The molecule has 2 amide bonds. The molecule has 0 saturated carbocycles. The molecule has 3 aliphatic rings. The van der Waals surface area contributed by atoms with Crippen LogP contribution in [0.4, 0.5) is 5.69 Å². The maximum absolute atomic E-state index is 12.9. The highest BCUT2D eigenvalue weighted by atomic mass is 32.2. The van der Waals surface area contributed by atoms with Gasteiger partial charge in [0.15, 0.2) is 0 Å². The molecule has 0 atom stereocenters. The first-order chi connectivity index (χ1) is 15.9. The summed E-state index contributed by atoms with van der Waals surface area (Å²) >= 11 is 0. The molecule has 3 heterocycles. The topological polar surface area (TPSA) is 90.0 Å². The van der Waals surface area contributed by atoms with Gasteiger partial charge in [0.1, 0.15) is 0 Å². The van der Waals surface area contributed by atoms with Crippen LogP contribution in [0, 0.1) is 5.92 Å². The van der Waals surface area contributed by atoms with Crippen molar-refractivity contribution in [2.24, 2.45) is 5.92 Å². The largest absolute Gasteiger partial charge is 0.342 e. The molecule has 3 aliphatic heterocycles. The van der Waals surface area contributed by atoms with E-state index in [0.29, 0.717) is 18.8 Å². The molecule has 1 aromatic carbocycles. The molecule has 0 aromatic heterocycles. The number of rotatable bonds is 6. The van der Waals surface area contributed by atoms with Crippen LogP contribution in [0.3, 0.4) is 0 Å². The van der Waals surface area contributed by atoms with Crippen molar-refractivity contribution >= 4 is 27.5 Å². The van der Waals surface area contributed by atoms with Crippen LogP contribution in [0.25, 0.3) is 0 Å². The van der Waals surface area contributed by atoms with Crippen LogP contribution in [-0.2, 0) is 19.6 Å². The van der Waals surface area contributed by atoms with Crippen molar-refractivity contribution in [1.82, 2.24) is 14.1 Å². The Bertz CT molecular complexity index is 930. The van der Waals surface area contributed by atoms with E-state index in [1.165, 1.54) is 23.2 Å².